The lowest BCUT2D eigenvalue weighted by atomic mass is 10.1. The summed E-state index contributed by atoms with van der Waals surface area (Å²) in [4.78, 5) is 11.2. The largest absolute Gasteiger partial charge is 0.419 e. The van der Waals surface area contributed by atoms with Crippen LogP contribution in [0.5, 0.6) is 0 Å². The number of pyridine rings is 1. The van der Waals surface area contributed by atoms with Crippen LogP contribution in [0.4, 0.5) is 19.0 Å². The quantitative estimate of drug-likeness (QED) is 0.765. The van der Waals surface area contributed by atoms with Gasteiger partial charge in [0.15, 0.2) is 0 Å². The van der Waals surface area contributed by atoms with Gasteiger partial charge in [-0.2, -0.15) is 13.2 Å². The molecule has 0 amide bonds. The second-order valence-electron chi connectivity index (χ2n) is 9.93. The van der Waals surface area contributed by atoms with Crippen LogP contribution in [0.25, 0.3) is 11.3 Å². The number of anilines is 1. The lowest BCUT2D eigenvalue weighted by Gasteiger charge is -2.38. The van der Waals surface area contributed by atoms with Crippen molar-refractivity contribution in [2.24, 2.45) is 11.8 Å². The SMILES string of the molecule is C[C@H]1COCCN1C1CC2C(C1)C2n1cc(-c2cnc(N)c(C(F)(F)F)c2)nc1C1CC1. The summed E-state index contributed by atoms with van der Waals surface area (Å²) >= 11 is 0. The minimum atomic E-state index is -4.53. The second-order valence-corrected chi connectivity index (χ2v) is 9.93. The van der Waals surface area contributed by atoms with Gasteiger partial charge in [-0.3, -0.25) is 4.90 Å². The number of ether oxygens (including phenoxy) is 1. The number of hydrogen-bond donors (Lipinski definition) is 1. The molecule has 172 valence electrons. The van der Waals surface area contributed by atoms with Gasteiger partial charge in [0, 0.05) is 48.5 Å². The first-order valence-corrected chi connectivity index (χ1v) is 11.6. The van der Waals surface area contributed by atoms with Crippen LogP contribution in [-0.4, -0.2) is 51.3 Å². The monoisotopic (exact) mass is 447 g/mol. The molecule has 3 heterocycles. The molecule has 6 nitrogen and oxygen atoms in total. The number of hydrogen-bond acceptors (Lipinski definition) is 5. The summed E-state index contributed by atoms with van der Waals surface area (Å²) in [5.41, 5.74) is 5.52. The van der Waals surface area contributed by atoms with Crippen molar-refractivity contribution in [3.05, 3.63) is 29.8 Å². The predicted molar refractivity (Wildman–Crippen MR) is 113 cm³/mol. The number of imidazole rings is 1. The molecule has 0 aromatic carbocycles. The summed E-state index contributed by atoms with van der Waals surface area (Å²) in [6, 6.07) is 2.58. The molecule has 0 spiro atoms. The van der Waals surface area contributed by atoms with E-state index in [4.69, 9.17) is 15.5 Å². The molecule has 32 heavy (non-hydrogen) atoms. The minimum absolute atomic E-state index is 0.373. The number of alkyl halides is 3. The third kappa shape index (κ3) is 3.41. The van der Waals surface area contributed by atoms with Crippen LogP contribution in [0.3, 0.4) is 0 Å². The first-order valence-electron chi connectivity index (χ1n) is 11.6. The van der Waals surface area contributed by atoms with Crippen molar-refractivity contribution < 1.29 is 17.9 Å². The topological polar surface area (TPSA) is 69.2 Å². The average molecular weight is 448 g/mol. The highest BCUT2D eigenvalue weighted by Crippen LogP contribution is 2.63. The average Bonchev–Trinajstić information content (AvgIpc) is 3.62. The lowest BCUT2D eigenvalue weighted by molar-refractivity contribution is -0.137. The zero-order valence-electron chi connectivity index (χ0n) is 18.1. The fourth-order valence-corrected chi connectivity index (χ4v) is 6.02. The summed E-state index contributed by atoms with van der Waals surface area (Å²) in [6.45, 7) is 4.86. The Labute approximate surface area is 185 Å². The Kier molecular flexibility index (Phi) is 4.60. The van der Waals surface area contributed by atoms with Gasteiger partial charge in [-0.15, -0.1) is 0 Å². The van der Waals surface area contributed by atoms with Crippen LogP contribution < -0.4 is 5.73 Å². The summed E-state index contributed by atoms with van der Waals surface area (Å²) in [5.74, 6) is 2.21. The summed E-state index contributed by atoms with van der Waals surface area (Å²) < 4.78 is 47.8. The Morgan fingerprint density at radius 2 is 1.94 bits per heavy atom. The lowest BCUT2D eigenvalue weighted by Crippen LogP contribution is -2.49. The van der Waals surface area contributed by atoms with E-state index in [9.17, 15) is 13.2 Å². The number of nitrogens with two attached hydrogens (primary N) is 1. The number of fused-ring (bicyclic) bond motifs is 1. The van der Waals surface area contributed by atoms with Crippen LogP contribution in [-0.2, 0) is 10.9 Å². The Hall–Kier alpha value is -2.13. The first kappa shape index (κ1) is 20.5. The Morgan fingerprint density at radius 1 is 1.19 bits per heavy atom. The van der Waals surface area contributed by atoms with Crippen LogP contribution in [0.15, 0.2) is 18.5 Å². The van der Waals surface area contributed by atoms with E-state index in [2.05, 4.69) is 21.4 Å². The van der Waals surface area contributed by atoms with Crippen molar-refractivity contribution in [3.8, 4) is 11.3 Å². The highest BCUT2D eigenvalue weighted by Gasteiger charge is 2.59. The highest BCUT2D eigenvalue weighted by atomic mass is 19.4. The Morgan fingerprint density at radius 3 is 2.59 bits per heavy atom. The fourth-order valence-electron chi connectivity index (χ4n) is 6.02. The van der Waals surface area contributed by atoms with E-state index < -0.39 is 17.6 Å². The molecule has 2 aromatic rings. The molecular formula is C23H28F3N5O. The second kappa shape index (κ2) is 7.18. The number of halogens is 3. The molecule has 4 aliphatic rings. The maximum Gasteiger partial charge on any atom is 0.419 e. The normalized spacial score (nSPS) is 32.8. The Bertz CT molecular complexity index is 1020. The van der Waals surface area contributed by atoms with Gasteiger partial charge in [0.1, 0.15) is 11.6 Å². The molecule has 0 radical (unpaired) electrons. The van der Waals surface area contributed by atoms with Gasteiger partial charge in [0.25, 0.3) is 0 Å². The third-order valence-electron chi connectivity index (χ3n) is 7.81. The van der Waals surface area contributed by atoms with Crippen molar-refractivity contribution in [1.29, 1.82) is 0 Å². The van der Waals surface area contributed by atoms with Crippen molar-refractivity contribution in [2.75, 3.05) is 25.5 Å². The van der Waals surface area contributed by atoms with Crippen LogP contribution >= 0.6 is 0 Å². The molecule has 2 N–H and O–H groups in total. The van der Waals surface area contributed by atoms with Gasteiger partial charge in [-0.1, -0.05) is 0 Å². The molecule has 3 aliphatic carbocycles. The molecule has 2 unspecified atom stereocenters. The van der Waals surface area contributed by atoms with E-state index in [0.29, 0.717) is 47.1 Å². The van der Waals surface area contributed by atoms with Crippen molar-refractivity contribution in [3.63, 3.8) is 0 Å². The number of morpholine rings is 1. The molecule has 2 aromatic heterocycles. The maximum atomic E-state index is 13.3. The maximum absolute atomic E-state index is 13.3. The van der Waals surface area contributed by atoms with E-state index in [0.717, 1.165) is 44.5 Å². The molecule has 3 atom stereocenters. The van der Waals surface area contributed by atoms with E-state index in [1.54, 1.807) is 0 Å². The predicted octanol–water partition coefficient (Wildman–Crippen LogP) is 4.09. The first-order chi connectivity index (χ1) is 15.3. The van der Waals surface area contributed by atoms with Crippen LogP contribution in [0, 0.1) is 11.8 Å². The van der Waals surface area contributed by atoms with Gasteiger partial charge in [0.2, 0.25) is 0 Å². The molecule has 1 saturated heterocycles. The van der Waals surface area contributed by atoms with Gasteiger partial charge in [-0.05, 0) is 50.5 Å². The number of nitrogens with zero attached hydrogens (tertiary/aromatic N) is 4. The summed E-state index contributed by atoms with van der Waals surface area (Å²) in [5, 5.41) is 0. The standard InChI is InChI=1S/C23H28F3N5O/c1-12-11-32-5-4-30(12)15-7-16-17(8-15)20(16)31-10-19(29-22(31)13-2-3-13)14-6-18(23(24,25)26)21(27)28-9-14/h6,9-10,12-13,15-17,20H,2-5,7-8,11H2,1H3,(H2,27,28)/t12-,15?,16?,17?,20?/m0/s1. The van der Waals surface area contributed by atoms with Gasteiger partial charge in [-0.25, -0.2) is 9.97 Å². The summed E-state index contributed by atoms with van der Waals surface area (Å²) in [7, 11) is 0. The van der Waals surface area contributed by atoms with Crippen molar-refractivity contribution in [1.82, 2.24) is 19.4 Å². The minimum Gasteiger partial charge on any atom is -0.383 e. The third-order valence-corrected chi connectivity index (χ3v) is 7.81. The fraction of sp³-hybridized carbons (Fsp3) is 0.652. The molecule has 9 heteroatoms. The van der Waals surface area contributed by atoms with E-state index in [1.165, 1.54) is 19.0 Å². The number of nitrogen functional groups attached to an aromatic ring is 1. The number of aromatic nitrogens is 3. The van der Waals surface area contributed by atoms with E-state index >= 15 is 0 Å². The van der Waals surface area contributed by atoms with E-state index in [1.807, 2.05) is 6.20 Å². The summed E-state index contributed by atoms with van der Waals surface area (Å²) in [6.07, 6.45) is 3.38. The smallest absolute Gasteiger partial charge is 0.383 e. The van der Waals surface area contributed by atoms with Crippen molar-refractivity contribution in [2.45, 2.75) is 62.8 Å². The zero-order chi connectivity index (χ0) is 22.2. The van der Waals surface area contributed by atoms with E-state index in [-0.39, 0.29) is 0 Å². The molecule has 6 rings (SSSR count). The van der Waals surface area contributed by atoms with Gasteiger partial charge in [0.05, 0.1) is 24.5 Å². The van der Waals surface area contributed by atoms with Crippen LogP contribution in [0.1, 0.15) is 56.0 Å². The van der Waals surface area contributed by atoms with Gasteiger partial charge < -0.3 is 15.0 Å². The number of rotatable bonds is 4. The van der Waals surface area contributed by atoms with Gasteiger partial charge >= 0.3 is 6.18 Å². The molecule has 3 saturated carbocycles. The van der Waals surface area contributed by atoms with Crippen molar-refractivity contribution >= 4 is 5.82 Å². The Balaban J connectivity index is 1.25. The highest BCUT2D eigenvalue weighted by molar-refractivity contribution is 5.62. The molecule has 1 aliphatic heterocycles. The molecule has 4 fully saturated rings. The van der Waals surface area contributed by atoms with Crippen LogP contribution in [0.2, 0.25) is 0 Å². The molecular weight excluding hydrogens is 419 g/mol. The molecule has 0 bridgehead atoms. The zero-order valence-corrected chi connectivity index (χ0v) is 18.1.